The Labute approximate surface area is 132 Å². The Bertz CT molecular complexity index is 528. The number of rotatable bonds is 4. The Hall–Kier alpha value is -1.51. The molecule has 5 rings (SSSR count). The highest BCUT2D eigenvalue weighted by Crippen LogP contribution is 2.60. The van der Waals surface area contributed by atoms with Gasteiger partial charge in [0.05, 0.1) is 0 Å². The van der Waals surface area contributed by atoms with Crippen molar-refractivity contribution in [2.24, 2.45) is 23.2 Å². The second kappa shape index (κ2) is 5.29. The Morgan fingerprint density at radius 1 is 1.05 bits per heavy atom. The molecule has 0 atom stereocenters. The quantitative estimate of drug-likeness (QED) is 0.839. The van der Waals surface area contributed by atoms with Crippen molar-refractivity contribution < 1.29 is 4.79 Å². The Morgan fingerprint density at radius 3 is 2.14 bits per heavy atom. The van der Waals surface area contributed by atoms with Crippen LogP contribution < -0.4 is 11.1 Å². The van der Waals surface area contributed by atoms with Gasteiger partial charge in [-0.15, -0.1) is 0 Å². The van der Waals surface area contributed by atoms with E-state index in [0.717, 1.165) is 55.7 Å². The van der Waals surface area contributed by atoms with E-state index in [1.54, 1.807) is 0 Å². The normalized spacial score (nSPS) is 35.5. The van der Waals surface area contributed by atoms with E-state index in [1.165, 1.54) is 24.8 Å². The monoisotopic (exact) mass is 298 g/mol. The summed E-state index contributed by atoms with van der Waals surface area (Å²) >= 11 is 0. The van der Waals surface area contributed by atoms with Gasteiger partial charge in [-0.1, -0.05) is 12.1 Å². The van der Waals surface area contributed by atoms with Gasteiger partial charge < -0.3 is 11.1 Å². The molecule has 22 heavy (non-hydrogen) atoms. The predicted octanol–water partition coefficient (Wildman–Crippen LogP) is 3.14. The number of carbonyl (C=O) groups excluding carboxylic acids is 1. The van der Waals surface area contributed by atoms with Crippen LogP contribution in [0.15, 0.2) is 24.3 Å². The maximum atomic E-state index is 12.8. The van der Waals surface area contributed by atoms with E-state index in [2.05, 4.69) is 5.32 Å². The van der Waals surface area contributed by atoms with Gasteiger partial charge in [0.15, 0.2) is 0 Å². The van der Waals surface area contributed by atoms with Crippen LogP contribution >= 0.6 is 0 Å². The molecule has 4 aliphatic carbocycles. The lowest BCUT2D eigenvalue weighted by Gasteiger charge is -2.55. The van der Waals surface area contributed by atoms with Gasteiger partial charge in [0.25, 0.3) is 0 Å². The molecule has 4 bridgehead atoms. The van der Waals surface area contributed by atoms with Crippen molar-refractivity contribution in [2.75, 3.05) is 12.3 Å². The molecular formula is C19H26N2O. The van der Waals surface area contributed by atoms with Gasteiger partial charge in [0.2, 0.25) is 5.91 Å². The molecule has 3 nitrogen and oxygen atoms in total. The molecule has 0 radical (unpaired) electrons. The maximum absolute atomic E-state index is 12.8. The first-order valence-corrected chi connectivity index (χ1v) is 8.76. The third-order valence-corrected chi connectivity index (χ3v) is 6.20. The van der Waals surface area contributed by atoms with Crippen molar-refractivity contribution >= 4 is 11.6 Å². The lowest BCUT2D eigenvalue weighted by atomic mass is 9.49. The average Bonchev–Trinajstić information content (AvgIpc) is 2.48. The minimum atomic E-state index is -0.0180. The zero-order chi connectivity index (χ0) is 15.2. The average molecular weight is 298 g/mol. The van der Waals surface area contributed by atoms with Crippen LogP contribution in [-0.2, 0) is 11.2 Å². The fraction of sp³-hybridized carbons (Fsp3) is 0.632. The molecule has 0 aliphatic heterocycles. The second-order valence-corrected chi connectivity index (χ2v) is 7.95. The van der Waals surface area contributed by atoms with Crippen LogP contribution in [0.4, 0.5) is 5.69 Å². The Balaban J connectivity index is 1.35. The first kappa shape index (κ1) is 14.1. The van der Waals surface area contributed by atoms with E-state index < -0.39 is 0 Å². The summed E-state index contributed by atoms with van der Waals surface area (Å²) in [5, 5.41) is 3.23. The van der Waals surface area contributed by atoms with Crippen LogP contribution in [0.25, 0.3) is 0 Å². The molecule has 0 unspecified atom stereocenters. The van der Waals surface area contributed by atoms with Gasteiger partial charge in [-0.3, -0.25) is 4.79 Å². The number of amides is 1. The van der Waals surface area contributed by atoms with Crippen LogP contribution in [0.2, 0.25) is 0 Å². The number of nitrogens with one attached hydrogen (secondary N) is 1. The third-order valence-electron chi connectivity index (χ3n) is 6.20. The smallest absolute Gasteiger partial charge is 0.226 e. The van der Waals surface area contributed by atoms with Gasteiger partial charge in [-0.25, -0.2) is 0 Å². The van der Waals surface area contributed by atoms with Crippen molar-refractivity contribution in [1.82, 2.24) is 5.32 Å². The van der Waals surface area contributed by atoms with Gasteiger partial charge in [0, 0.05) is 17.6 Å². The van der Waals surface area contributed by atoms with E-state index in [4.69, 9.17) is 5.73 Å². The first-order valence-electron chi connectivity index (χ1n) is 8.76. The first-order chi connectivity index (χ1) is 10.6. The number of anilines is 1. The van der Waals surface area contributed by atoms with Gasteiger partial charge in [-0.05, 0) is 80.4 Å². The third kappa shape index (κ3) is 2.51. The second-order valence-electron chi connectivity index (χ2n) is 7.95. The molecule has 4 saturated carbocycles. The summed E-state index contributed by atoms with van der Waals surface area (Å²) in [4.78, 5) is 12.8. The minimum Gasteiger partial charge on any atom is -0.399 e. The number of hydrogen-bond donors (Lipinski definition) is 2. The van der Waals surface area contributed by atoms with Gasteiger partial charge in [0.1, 0.15) is 0 Å². The molecule has 4 fully saturated rings. The van der Waals surface area contributed by atoms with E-state index >= 15 is 0 Å². The van der Waals surface area contributed by atoms with Crippen molar-refractivity contribution in [3.63, 3.8) is 0 Å². The van der Waals surface area contributed by atoms with E-state index in [-0.39, 0.29) is 5.41 Å². The molecule has 4 aliphatic rings. The molecule has 1 aromatic rings. The van der Waals surface area contributed by atoms with E-state index in [1.807, 2.05) is 24.3 Å². The zero-order valence-electron chi connectivity index (χ0n) is 13.2. The van der Waals surface area contributed by atoms with Gasteiger partial charge in [-0.2, -0.15) is 0 Å². The highest BCUT2D eigenvalue weighted by molar-refractivity contribution is 5.83. The van der Waals surface area contributed by atoms with Crippen LogP contribution in [-0.4, -0.2) is 12.5 Å². The Morgan fingerprint density at radius 2 is 1.59 bits per heavy atom. The SMILES string of the molecule is Nc1ccc(CCNC(=O)C23CC4CC(CC(C4)C2)C3)cc1. The van der Waals surface area contributed by atoms with Crippen molar-refractivity contribution in [1.29, 1.82) is 0 Å². The Kier molecular flexibility index (Phi) is 3.39. The van der Waals surface area contributed by atoms with Crippen molar-refractivity contribution in [3.05, 3.63) is 29.8 Å². The molecule has 0 saturated heterocycles. The number of nitrogen functional groups attached to an aromatic ring is 1. The summed E-state index contributed by atoms with van der Waals surface area (Å²) in [7, 11) is 0. The van der Waals surface area contributed by atoms with Crippen LogP contribution in [0.3, 0.4) is 0 Å². The molecule has 1 amide bonds. The number of benzene rings is 1. The summed E-state index contributed by atoms with van der Waals surface area (Å²) in [6, 6.07) is 7.95. The van der Waals surface area contributed by atoms with Crippen LogP contribution in [0, 0.1) is 23.2 Å². The summed E-state index contributed by atoms with van der Waals surface area (Å²) < 4.78 is 0. The molecule has 118 valence electrons. The number of hydrogen-bond acceptors (Lipinski definition) is 2. The summed E-state index contributed by atoms with van der Waals surface area (Å²) in [5.74, 6) is 2.82. The van der Waals surface area contributed by atoms with Crippen molar-refractivity contribution in [3.8, 4) is 0 Å². The van der Waals surface area contributed by atoms with Crippen molar-refractivity contribution in [2.45, 2.75) is 44.9 Å². The van der Waals surface area contributed by atoms with E-state index in [0.29, 0.717) is 5.91 Å². The van der Waals surface area contributed by atoms with Gasteiger partial charge >= 0.3 is 0 Å². The molecule has 0 spiro atoms. The molecule has 1 aromatic carbocycles. The highest BCUT2D eigenvalue weighted by Gasteiger charge is 2.54. The predicted molar refractivity (Wildman–Crippen MR) is 88.2 cm³/mol. The van der Waals surface area contributed by atoms with E-state index in [9.17, 15) is 4.79 Å². The number of nitrogens with two attached hydrogens (primary N) is 1. The molecule has 3 heteroatoms. The molecule has 3 N–H and O–H groups in total. The lowest BCUT2D eigenvalue weighted by molar-refractivity contribution is -0.146. The minimum absolute atomic E-state index is 0.0180. The molecule has 0 heterocycles. The fourth-order valence-corrected chi connectivity index (χ4v) is 5.58. The number of carbonyl (C=O) groups is 1. The fourth-order valence-electron chi connectivity index (χ4n) is 5.58. The van der Waals surface area contributed by atoms with Crippen LogP contribution in [0.5, 0.6) is 0 Å². The summed E-state index contributed by atoms with van der Waals surface area (Å²) in [6.07, 6.45) is 8.48. The van der Waals surface area contributed by atoms with Crippen LogP contribution in [0.1, 0.15) is 44.1 Å². The largest absolute Gasteiger partial charge is 0.399 e. The standard InChI is InChI=1S/C19H26N2O/c20-17-3-1-13(2-4-17)5-6-21-18(22)19-10-14-7-15(11-19)9-16(8-14)12-19/h1-4,14-16H,5-12,20H2,(H,21,22). The summed E-state index contributed by atoms with van der Waals surface area (Å²) in [6.45, 7) is 0.741. The topological polar surface area (TPSA) is 55.1 Å². The maximum Gasteiger partial charge on any atom is 0.226 e. The molecular weight excluding hydrogens is 272 g/mol. The highest BCUT2D eigenvalue weighted by atomic mass is 16.2. The summed E-state index contributed by atoms with van der Waals surface area (Å²) in [5.41, 5.74) is 7.71. The zero-order valence-corrected chi connectivity index (χ0v) is 13.2. The lowest BCUT2D eigenvalue weighted by Crippen LogP contribution is -2.53. The molecule has 0 aromatic heterocycles.